The van der Waals surface area contributed by atoms with Crippen molar-refractivity contribution in [2.45, 2.75) is 39.5 Å². The number of Topliss-reactive ketones (excluding diaryl/α,β-unsaturated/α-hetero) is 1. The number of carbonyl (C=O) groups is 2. The van der Waals surface area contributed by atoms with E-state index in [1.54, 1.807) is 19.1 Å². The molecule has 0 aliphatic carbocycles. The number of nitrogens with zero attached hydrogens (tertiary/aromatic N) is 2. The van der Waals surface area contributed by atoms with Gasteiger partial charge >= 0.3 is 0 Å². The highest BCUT2D eigenvalue weighted by molar-refractivity contribution is 6.36. The summed E-state index contributed by atoms with van der Waals surface area (Å²) in [6, 6.07) is 8.16. The van der Waals surface area contributed by atoms with Crippen LogP contribution in [0.15, 0.2) is 24.3 Å². The molecule has 150 valence electrons. The highest BCUT2D eigenvalue weighted by atomic mass is 16.5. The number of hydrogen-bond donors (Lipinski definition) is 0. The molecule has 0 saturated carbocycles. The molecule has 1 amide bonds. The van der Waals surface area contributed by atoms with Crippen molar-refractivity contribution < 1.29 is 14.3 Å². The van der Waals surface area contributed by atoms with Crippen LogP contribution >= 0.6 is 0 Å². The van der Waals surface area contributed by atoms with E-state index in [2.05, 4.69) is 11.0 Å². The largest absolute Gasteiger partial charge is 0.496 e. The summed E-state index contributed by atoms with van der Waals surface area (Å²) in [5, 5.41) is 0. The summed E-state index contributed by atoms with van der Waals surface area (Å²) >= 11 is 0. The first-order chi connectivity index (χ1) is 12.9. The predicted octanol–water partition coefficient (Wildman–Crippen LogP) is 3.02. The standard InChI is InChI=1S/C22H34N2O3/c1-17(2)14-20(25)22(26)23(3)15-18-8-7-12-24(16-18)13-11-19-9-5-6-10-21(19)27-4/h5-6,9-10,17-18H,7-8,11-16H2,1-4H3/t18-/m1/s1. The van der Waals surface area contributed by atoms with E-state index in [0.29, 0.717) is 18.9 Å². The van der Waals surface area contributed by atoms with E-state index >= 15 is 0 Å². The fourth-order valence-electron chi connectivity index (χ4n) is 3.83. The second-order valence-electron chi connectivity index (χ2n) is 8.08. The summed E-state index contributed by atoms with van der Waals surface area (Å²) in [6.45, 7) is 7.65. The number of piperidine rings is 1. The maximum absolute atomic E-state index is 12.3. The van der Waals surface area contributed by atoms with E-state index in [0.717, 1.165) is 44.6 Å². The monoisotopic (exact) mass is 374 g/mol. The molecule has 1 heterocycles. The maximum Gasteiger partial charge on any atom is 0.289 e. The van der Waals surface area contributed by atoms with Crippen LogP contribution in [0.2, 0.25) is 0 Å². The van der Waals surface area contributed by atoms with Crippen LogP contribution in [-0.2, 0) is 16.0 Å². The van der Waals surface area contributed by atoms with Crippen LogP contribution in [0.1, 0.15) is 38.7 Å². The van der Waals surface area contributed by atoms with Crippen molar-refractivity contribution in [3.05, 3.63) is 29.8 Å². The van der Waals surface area contributed by atoms with Gasteiger partial charge in [0.1, 0.15) is 5.75 Å². The summed E-state index contributed by atoms with van der Waals surface area (Å²) in [6.07, 6.45) is 3.54. The van der Waals surface area contributed by atoms with Gasteiger partial charge in [-0.25, -0.2) is 0 Å². The number of carbonyl (C=O) groups excluding carboxylic acids is 2. The van der Waals surface area contributed by atoms with Gasteiger partial charge in [-0.15, -0.1) is 0 Å². The first-order valence-electron chi connectivity index (χ1n) is 10.0. The lowest BCUT2D eigenvalue weighted by molar-refractivity contribution is -0.144. The van der Waals surface area contributed by atoms with Crippen LogP contribution in [-0.4, -0.2) is 61.8 Å². The highest BCUT2D eigenvalue weighted by Crippen LogP contribution is 2.21. The minimum absolute atomic E-state index is 0.218. The third kappa shape index (κ3) is 6.65. The highest BCUT2D eigenvalue weighted by Gasteiger charge is 2.25. The van der Waals surface area contributed by atoms with Crippen molar-refractivity contribution in [3.63, 3.8) is 0 Å². The second kappa shape index (κ2) is 10.5. The lowest BCUT2D eigenvalue weighted by Gasteiger charge is -2.34. The first kappa shape index (κ1) is 21.4. The Bertz CT molecular complexity index is 630. The average Bonchev–Trinajstić information content (AvgIpc) is 2.65. The Labute approximate surface area is 163 Å². The normalized spacial score (nSPS) is 17.7. The lowest BCUT2D eigenvalue weighted by atomic mass is 9.96. The molecule has 0 spiro atoms. The fourth-order valence-corrected chi connectivity index (χ4v) is 3.83. The van der Waals surface area contributed by atoms with E-state index in [1.807, 2.05) is 32.0 Å². The molecule has 1 atom stereocenters. The van der Waals surface area contributed by atoms with Gasteiger partial charge < -0.3 is 14.5 Å². The molecule has 5 nitrogen and oxygen atoms in total. The molecule has 0 bridgehead atoms. The van der Waals surface area contributed by atoms with Gasteiger partial charge in [-0.2, -0.15) is 0 Å². The van der Waals surface area contributed by atoms with Crippen molar-refractivity contribution >= 4 is 11.7 Å². The first-order valence-corrected chi connectivity index (χ1v) is 10.0. The van der Waals surface area contributed by atoms with E-state index in [9.17, 15) is 9.59 Å². The molecular formula is C22H34N2O3. The van der Waals surface area contributed by atoms with E-state index in [-0.39, 0.29) is 17.6 Å². The number of amides is 1. The molecule has 1 saturated heterocycles. The Morgan fingerprint density at radius 3 is 2.74 bits per heavy atom. The smallest absolute Gasteiger partial charge is 0.289 e. The molecule has 0 radical (unpaired) electrons. The van der Waals surface area contributed by atoms with Crippen molar-refractivity contribution in [2.24, 2.45) is 11.8 Å². The van der Waals surface area contributed by atoms with Gasteiger partial charge in [-0.3, -0.25) is 9.59 Å². The molecule has 27 heavy (non-hydrogen) atoms. The van der Waals surface area contributed by atoms with Crippen LogP contribution < -0.4 is 4.74 Å². The van der Waals surface area contributed by atoms with Gasteiger partial charge in [0.05, 0.1) is 7.11 Å². The summed E-state index contributed by atoms with van der Waals surface area (Å²) in [7, 11) is 3.47. The average molecular weight is 375 g/mol. The molecular weight excluding hydrogens is 340 g/mol. The molecule has 1 aromatic rings. The van der Waals surface area contributed by atoms with Crippen molar-refractivity contribution in [2.75, 3.05) is 40.3 Å². The third-order valence-electron chi connectivity index (χ3n) is 5.20. The number of ether oxygens (including phenoxy) is 1. The minimum Gasteiger partial charge on any atom is -0.496 e. The molecule has 0 unspecified atom stereocenters. The van der Waals surface area contributed by atoms with E-state index in [4.69, 9.17) is 4.74 Å². The molecule has 0 aromatic heterocycles. The Morgan fingerprint density at radius 2 is 2.04 bits per heavy atom. The van der Waals surface area contributed by atoms with Gasteiger partial charge in [0.2, 0.25) is 5.78 Å². The van der Waals surface area contributed by atoms with Gasteiger partial charge in [0, 0.05) is 33.1 Å². The van der Waals surface area contributed by atoms with Gasteiger partial charge in [0.25, 0.3) is 5.91 Å². The van der Waals surface area contributed by atoms with Crippen molar-refractivity contribution in [3.8, 4) is 5.75 Å². The lowest BCUT2D eigenvalue weighted by Crippen LogP contribution is -2.43. The van der Waals surface area contributed by atoms with Gasteiger partial charge in [-0.1, -0.05) is 32.0 Å². The number of hydrogen-bond acceptors (Lipinski definition) is 4. The molecule has 1 fully saturated rings. The van der Waals surface area contributed by atoms with Crippen LogP contribution in [0.25, 0.3) is 0 Å². The fraction of sp³-hybridized carbons (Fsp3) is 0.636. The van der Waals surface area contributed by atoms with Gasteiger partial charge in [0.15, 0.2) is 0 Å². The number of benzene rings is 1. The van der Waals surface area contributed by atoms with Crippen LogP contribution in [0, 0.1) is 11.8 Å². The quantitative estimate of drug-likeness (QED) is 0.624. The number of ketones is 1. The van der Waals surface area contributed by atoms with Crippen molar-refractivity contribution in [1.82, 2.24) is 9.80 Å². The summed E-state index contributed by atoms with van der Waals surface area (Å²) in [5.74, 6) is 0.985. The number of methoxy groups -OCH3 is 1. The van der Waals surface area contributed by atoms with E-state index in [1.165, 1.54) is 5.56 Å². The molecule has 5 heteroatoms. The summed E-state index contributed by atoms with van der Waals surface area (Å²) < 4.78 is 5.44. The zero-order valence-corrected chi connectivity index (χ0v) is 17.2. The third-order valence-corrected chi connectivity index (χ3v) is 5.20. The zero-order chi connectivity index (χ0) is 19.8. The zero-order valence-electron chi connectivity index (χ0n) is 17.2. The molecule has 0 N–H and O–H groups in total. The SMILES string of the molecule is COc1ccccc1CCN1CCC[C@H](CN(C)C(=O)C(=O)CC(C)C)C1. The number of likely N-dealkylation sites (tertiary alicyclic amines) is 1. The molecule has 2 rings (SSSR count). The Kier molecular flexibility index (Phi) is 8.29. The van der Waals surface area contributed by atoms with Crippen molar-refractivity contribution in [1.29, 1.82) is 0 Å². The van der Waals surface area contributed by atoms with Crippen LogP contribution in [0.5, 0.6) is 5.75 Å². The van der Waals surface area contributed by atoms with Crippen LogP contribution in [0.4, 0.5) is 0 Å². The van der Waals surface area contributed by atoms with Gasteiger partial charge in [-0.05, 0) is 49.3 Å². The Balaban J connectivity index is 1.83. The summed E-state index contributed by atoms with van der Waals surface area (Å²) in [4.78, 5) is 28.4. The molecule has 1 aliphatic rings. The summed E-state index contributed by atoms with van der Waals surface area (Å²) in [5.41, 5.74) is 1.23. The Morgan fingerprint density at radius 1 is 1.30 bits per heavy atom. The van der Waals surface area contributed by atoms with E-state index < -0.39 is 0 Å². The topological polar surface area (TPSA) is 49.9 Å². The molecule has 1 aromatic carbocycles. The van der Waals surface area contributed by atoms with Crippen LogP contribution in [0.3, 0.4) is 0 Å². The number of rotatable bonds is 9. The number of para-hydroxylation sites is 1. The maximum atomic E-state index is 12.3. The predicted molar refractivity (Wildman–Crippen MR) is 108 cm³/mol. The number of likely N-dealkylation sites (N-methyl/N-ethyl adjacent to an activating group) is 1. The minimum atomic E-state index is -0.338. The second-order valence-corrected chi connectivity index (χ2v) is 8.08. The molecule has 1 aliphatic heterocycles. The Hall–Kier alpha value is -1.88.